The molecular weight excluding hydrogens is 544 g/mol. The van der Waals surface area contributed by atoms with E-state index in [1.807, 2.05) is 0 Å². The molecule has 0 atom stereocenters. The number of allylic oxidation sites excluding steroid dienone is 2. The van der Waals surface area contributed by atoms with Gasteiger partial charge in [-0.2, -0.15) is 0 Å². The summed E-state index contributed by atoms with van der Waals surface area (Å²) >= 11 is 0. The van der Waals surface area contributed by atoms with E-state index in [0.29, 0.717) is 26.1 Å². The minimum atomic E-state index is -0.000809. The molecule has 0 bridgehead atoms. The average Bonchev–Trinajstić information content (AvgIpc) is 3.02. The molecule has 0 amide bonds. The number of hydrogen-bond donors (Lipinski definition) is 0. The molecule has 44 heavy (non-hydrogen) atoms. The first-order chi connectivity index (χ1) is 21.6. The largest absolute Gasteiger partial charge is 0.466 e. The molecule has 0 aliphatic rings. The van der Waals surface area contributed by atoms with Crippen molar-refractivity contribution in [3.05, 3.63) is 12.2 Å². The first-order valence-corrected chi connectivity index (χ1v) is 19.6. The maximum atomic E-state index is 11.6. The highest BCUT2D eigenvalue weighted by Crippen LogP contribution is 2.11. The Morgan fingerprint density at radius 1 is 0.364 bits per heavy atom. The SMILES string of the molecule is CCCCCCCC/C=C\CCCCCCCC(=O)OCCCCCC.CCCCCCCCOC(=O)CCCCCCC. The van der Waals surface area contributed by atoms with Crippen LogP contribution in [0.15, 0.2) is 12.2 Å². The van der Waals surface area contributed by atoms with Crippen molar-refractivity contribution in [2.24, 2.45) is 0 Å². The molecule has 0 heterocycles. The molecule has 262 valence electrons. The zero-order chi connectivity index (χ0) is 32.6. The van der Waals surface area contributed by atoms with Gasteiger partial charge in [0, 0.05) is 12.8 Å². The second kappa shape index (κ2) is 41.7. The molecule has 0 aromatic heterocycles. The molecule has 0 saturated carbocycles. The highest BCUT2D eigenvalue weighted by Gasteiger charge is 2.03. The third kappa shape index (κ3) is 42.8. The fourth-order valence-electron chi connectivity index (χ4n) is 5.14. The monoisotopic (exact) mass is 623 g/mol. The molecule has 4 heteroatoms. The quantitative estimate of drug-likeness (QED) is 0.0415. The topological polar surface area (TPSA) is 52.6 Å². The van der Waals surface area contributed by atoms with Crippen LogP contribution >= 0.6 is 0 Å². The summed E-state index contributed by atoms with van der Waals surface area (Å²) in [4.78, 5) is 23.0. The van der Waals surface area contributed by atoms with Gasteiger partial charge in [0.05, 0.1) is 13.2 Å². The number of rotatable bonds is 33. The Morgan fingerprint density at radius 3 is 1.00 bits per heavy atom. The summed E-state index contributed by atoms with van der Waals surface area (Å²) in [7, 11) is 0. The number of carbonyl (C=O) groups is 2. The fourth-order valence-corrected chi connectivity index (χ4v) is 5.14. The average molecular weight is 623 g/mol. The highest BCUT2D eigenvalue weighted by atomic mass is 16.5. The van der Waals surface area contributed by atoms with Crippen molar-refractivity contribution in [3.63, 3.8) is 0 Å². The second-order valence-corrected chi connectivity index (χ2v) is 12.8. The Hall–Kier alpha value is -1.32. The van der Waals surface area contributed by atoms with Crippen LogP contribution in [-0.4, -0.2) is 25.2 Å². The van der Waals surface area contributed by atoms with Gasteiger partial charge >= 0.3 is 11.9 Å². The third-order valence-electron chi connectivity index (χ3n) is 8.15. The lowest BCUT2D eigenvalue weighted by Gasteiger charge is -2.04. The molecule has 0 aromatic rings. The number of esters is 2. The first kappa shape index (κ1) is 44.8. The molecule has 0 radical (unpaired) electrons. The summed E-state index contributed by atoms with van der Waals surface area (Å²) in [5.41, 5.74) is 0. The summed E-state index contributed by atoms with van der Waals surface area (Å²) in [6.07, 6.45) is 40.8. The van der Waals surface area contributed by atoms with E-state index in [4.69, 9.17) is 9.47 Å². The molecule has 0 unspecified atom stereocenters. The van der Waals surface area contributed by atoms with Crippen molar-refractivity contribution < 1.29 is 19.1 Å². The van der Waals surface area contributed by atoms with Crippen molar-refractivity contribution in [2.75, 3.05) is 13.2 Å². The predicted molar refractivity (Wildman–Crippen MR) is 192 cm³/mol. The van der Waals surface area contributed by atoms with Gasteiger partial charge in [0.2, 0.25) is 0 Å². The Balaban J connectivity index is 0. The molecular formula is C40H78O4. The maximum Gasteiger partial charge on any atom is 0.305 e. The summed E-state index contributed by atoms with van der Waals surface area (Å²) < 4.78 is 10.5. The zero-order valence-corrected chi connectivity index (χ0v) is 30.4. The number of ether oxygens (including phenoxy) is 2. The van der Waals surface area contributed by atoms with E-state index in [-0.39, 0.29) is 11.9 Å². The van der Waals surface area contributed by atoms with Gasteiger partial charge in [0.25, 0.3) is 0 Å². The normalized spacial score (nSPS) is 11.0. The van der Waals surface area contributed by atoms with Gasteiger partial charge in [0.15, 0.2) is 0 Å². The van der Waals surface area contributed by atoms with E-state index in [0.717, 1.165) is 32.1 Å². The van der Waals surface area contributed by atoms with E-state index in [1.165, 1.54) is 148 Å². The van der Waals surface area contributed by atoms with Gasteiger partial charge in [-0.25, -0.2) is 0 Å². The van der Waals surface area contributed by atoms with Crippen molar-refractivity contribution in [1.29, 1.82) is 0 Å². The van der Waals surface area contributed by atoms with Crippen LogP contribution in [-0.2, 0) is 19.1 Å². The lowest BCUT2D eigenvalue weighted by Crippen LogP contribution is -2.05. The lowest BCUT2D eigenvalue weighted by molar-refractivity contribution is -0.144. The standard InChI is InChI=1S/C24H46O2.C16H32O2/c1-3-5-7-9-10-11-12-13-14-15-16-17-18-19-20-22-24(25)26-23-21-8-6-4-2;1-3-5-7-9-11-13-15-18-16(17)14-12-10-8-6-4-2/h13-14H,3-12,15-23H2,1-2H3;3-15H2,1-2H3/b14-13-;. The molecule has 0 fully saturated rings. The second-order valence-electron chi connectivity index (χ2n) is 12.8. The van der Waals surface area contributed by atoms with Gasteiger partial charge in [-0.1, -0.05) is 168 Å². The van der Waals surface area contributed by atoms with Crippen LogP contribution in [0.1, 0.15) is 220 Å². The Morgan fingerprint density at radius 2 is 0.636 bits per heavy atom. The van der Waals surface area contributed by atoms with Gasteiger partial charge in [-0.3, -0.25) is 9.59 Å². The summed E-state index contributed by atoms with van der Waals surface area (Å²) in [5.74, 6) is -0.000757. The molecule has 0 aliphatic carbocycles. The molecule has 0 aliphatic heterocycles. The first-order valence-electron chi connectivity index (χ1n) is 19.6. The van der Waals surface area contributed by atoms with Gasteiger partial charge in [-0.15, -0.1) is 0 Å². The Bertz CT molecular complexity index is 586. The van der Waals surface area contributed by atoms with Crippen LogP contribution in [0.2, 0.25) is 0 Å². The van der Waals surface area contributed by atoms with Crippen molar-refractivity contribution in [3.8, 4) is 0 Å². The predicted octanol–water partition coefficient (Wildman–Crippen LogP) is 13.4. The van der Waals surface area contributed by atoms with E-state index in [9.17, 15) is 9.59 Å². The molecule has 0 aromatic carbocycles. The molecule has 0 spiro atoms. The van der Waals surface area contributed by atoms with E-state index >= 15 is 0 Å². The fraction of sp³-hybridized carbons (Fsp3) is 0.900. The number of unbranched alkanes of at least 4 members (excludes halogenated alkanes) is 23. The van der Waals surface area contributed by atoms with Gasteiger partial charge in [-0.05, 0) is 51.4 Å². The van der Waals surface area contributed by atoms with Crippen LogP contribution in [0.5, 0.6) is 0 Å². The van der Waals surface area contributed by atoms with Crippen LogP contribution in [0.4, 0.5) is 0 Å². The minimum Gasteiger partial charge on any atom is -0.466 e. The summed E-state index contributed by atoms with van der Waals surface area (Å²) in [6.45, 7) is 10.1. The van der Waals surface area contributed by atoms with Gasteiger partial charge < -0.3 is 9.47 Å². The van der Waals surface area contributed by atoms with Crippen molar-refractivity contribution in [2.45, 2.75) is 220 Å². The van der Waals surface area contributed by atoms with E-state index in [2.05, 4.69) is 39.8 Å². The Kier molecular flexibility index (Phi) is 42.4. The number of hydrogen-bond acceptors (Lipinski definition) is 4. The van der Waals surface area contributed by atoms with Crippen LogP contribution in [0.3, 0.4) is 0 Å². The smallest absolute Gasteiger partial charge is 0.305 e. The van der Waals surface area contributed by atoms with Crippen LogP contribution < -0.4 is 0 Å². The summed E-state index contributed by atoms with van der Waals surface area (Å²) in [5, 5.41) is 0. The lowest BCUT2D eigenvalue weighted by atomic mass is 10.1. The molecule has 0 N–H and O–H groups in total. The van der Waals surface area contributed by atoms with Crippen LogP contribution in [0.25, 0.3) is 0 Å². The third-order valence-corrected chi connectivity index (χ3v) is 8.15. The maximum absolute atomic E-state index is 11.6. The molecule has 0 saturated heterocycles. The summed E-state index contributed by atoms with van der Waals surface area (Å²) in [6, 6.07) is 0. The highest BCUT2D eigenvalue weighted by molar-refractivity contribution is 5.69. The zero-order valence-electron chi connectivity index (χ0n) is 30.4. The minimum absolute atomic E-state index is 0.0000525. The van der Waals surface area contributed by atoms with Crippen LogP contribution in [0, 0.1) is 0 Å². The van der Waals surface area contributed by atoms with Gasteiger partial charge in [0.1, 0.15) is 0 Å². The number of carbonyl (C=O) groups excluding carboxylic acids is 2. The van der Waals surface area contributed by atoms with Crippen molar-refractivity contribution >= 4 is 11.9 Å². The van der Waals surface area contributed by atoms with E-state index < -0.39 is 0 Å². The molecule has 0 rings (SSSR count). The Labute approximate surface area is 276 Å². The molecule has 4 nitrogen and oxygen atoms in total. The van der Waals surface area contributed by atoms with E-state index in [1.54, 1.807) is 0 Å². The van der Waals surface area contributed by atoms with Crippen molar-refractivity contribution in [1.82, 2.24) is 0 Å².